The van der Waals surface area contributed by atoms with E-state index in [1.807, 2.05) is 57.2 Å². The van der Waals surface area contributed by atoms with Crippen LogP contribution in [0.3, 0.4) is 0 Å². The fourth-order valence-corrected chi connectivity index (χ4v) is 1.22. The lowest BCUT2D eigenvalue weighted by molar-refractivity contribution is -0.114. The zero-order valence-electron chi connectivity index (χ0n) is 13.3. The Labute approximate surface area is 119 Å². The van der Waals surface area contributed by atoms with Crippen molar-refractivity contribution < 1.29 is 4.79 Å². The van der Waals surface area contributed by atoms with Crippen LogP contribution >= 0.6 is 0 Å². The van der Waals surface area contributed by atoms with Crippen molar-refractivity contribution in [2.24, 2.45) is 0 Å². The van der Waals surface area contributed by atoms with E-state index in [1.165, 1.54) is 19.3 Å². The summed E-state index contributed by atoms with van der Waals surface area (Å²) in [6.45, 7) is 10.3. The lowest BCUT2D eigenvalue weighted by atomic mass is 10.2. The third kappa shape index (κ3) is 14.6. The summed E-state index contributed by atoms with van der Waals surface area (Å²) in [5.74, 6) is 0.166. The highest BCUT2D eigenvalue weighted by Gasteiger charge is 1.88. The van der Waals surface area contributed by atoms with Crippen molar-refractivity contribution in [1.82, 2.24) is 0 Å². The lowest BCUT2D eigenvalue weighted by Gasteiger charge is -1.89. The minimum absolute atomic E-state index is 0.166. The van der Waals surface area contributed by atoms with Gasteiger partial charge in [-0.05, 0) is 11.6 Å². The third-order valence-electron chi connectivity index (χ3n) is 2.32. The van der Waals surface area contributed by atoms with Crippen molar-refractivity contribution in [2.45, 2.75) is 60.3 Å². The number of carbonyl (C=O) groups excluding carboxylic acids is 1. The van der Waals surface area contributed by atoms with Crippen LogP contribution in [0.15, 0.2) is 36.4 Å². The highest BCUT2D eigenvalue weighted by molar-refractivity contribution is 5.93. The van der Waals surface area contributed by atoms with Crippen LogP contribution in [0.2, 0.25) is 0 Å². The first-order chi connectivity index (χ1) is 9.24. The number of unbranched alkanes of at least 4 members (excludes halogenated alkanes) is 2. The molecule has 19 heavy (non-hydrogen) atoms. The monoisotopic (exact) mass is 262 g/mol. The van der Waals surface area contributed by atoms with Gasteiger partial charge in [-0.25, -0.2) is 0 Å². The molecule has 0 aromatic heterocycles. The zero-order valence-corrected chi connectivity index (χ0v) is 13.3. The van der Waals surface area contributed by atoms with Crippen LogP contribution in [0.4, 0.5) is 0 Å². The van der Waals surface area contributed by atoms with Gasteiger partial charge in [0.2, 0.25) is 0 Å². The maximum absolute atomic E-state index is 10.9. The molecule has 1 nitrogen and oxygen atoms in total. The maximum Gasteiger partial charge on any atom is 0.155 e. The summed E-state index contributed by atoms with van der Waals surface area (Å²) in [5.41, 5.74) is 1.07. The number of hydrogen-bond donors (Lipinski definition) is 0. The number of rotatable bonds is 5. The molecular weight excluding hydrogens is 232 g/mol. The standard InChI is InChI=1S/C11H12O.C5H12.C2H6/c1-2-11(12)9-8-10-6-4-3-5-7-10;1-3-5-4-2;1-2/h3-9H,2H2,1H3;3-5H2,1-2H3;1-2H3/b9-8-;;. The van der Waals surface area contributed by atoms with E-state index >= 15 is 0 Å². The van der Waals surface area contributed by atoms with E-state index in [0.717, 1.165) is 5.56 Å². The molecule has 0 radical (unpaired) electrons. The van der Waals surface area contributed by atoms with Gasteiger partial charge < -0.3 is 0 Å². The minimum atomic E-state index is 0.166. The second-order valence-electron chi connectivity index (χ2n) is 3.92. The van der Waals surface area contributed by atoms with Gasteiger partial charge in [-0.3, -0.25) is 4.79 Å². The van der Waals surface area contributed by atoms with E-state index in [2.05, 4.69) is 13.8 Å². The summed E-state index contributed by atoms with van der Waals surface area (Å²) in [7, 11) is 0. The Kier molecular flexibility index (Phi) is 17.5. The summed E-state index contributed by atoms with van der Waals surface area (Å²) < 4.78 is 0. The molecule has 0 heterocycles. The van der Waals surface area contributed by atoms with Crippen molar-refractivity contribution in [2.75, 3.05) is 0 Å². The summed E-state index contributed by atoms with van der Waals surface area (Å²) in [4.78, 5) is 10.9. The number of carbonyl (C=O) groups is 1. The average molecular weight is 262 g/mol. The van der Waals surface area contributed by atoms with E-state index < -0.39 is 0 Å². The molecule has 0 aliphatic heterocycles. The Balaban J connectivity index is 0. The predicted octanol–water partition coefficient (Wildman–Crippen LogP) is 5.90. The fraction of sp³-hybridized carbons (Fsp3) is 0.500. The molecule has 0 amide bonds. The first-order valence-electron chi connectivity index (χ1n) is 7.50. The van der Waals surface area contributed by atoms with Gasteiger partial charge in [0.1, 0.15) is 0 Å². The molecule has 1 aromatic rings. The normalized spacial score (nSPS) is 9.11. The molecule has 1 heteroatoms. The Morgan fingerprint density at radius 2 is 1.53 bits per heavy atom. The van der Waals surface area contributed by atoms with Gasteiger partial charge in [-0.1, -0.05) is 90.3 Å². The van der Waals surface area contributed by atoms with E-state index in [0.29, 0.717) is 6.42 Å². The Morgan fingerprint density at radius 3 is 1.89 bits per heavy atom. The van der Waals surface area contributed by atoms with Gasteiger partial charge in [-0.2, -0.15) is 0 Å². The Hall–Kier alpha value is -1.37. The highest BCUT2D eigenvalue weighted by Crippen LogP contribution is 2.01. The fourth-order valence-electron chi connectivity index (χ4n) is 1.22. The van der Waals surface area contributed by atoms with Gasteiger partial charge in [0.05, 0.1) is 0 Å². The van der Waals surface area contributed by atoms with Gasteiger partial charge in [0.25, 0.3) is 0 Å². The molecule has 0 fully saturated rings. The van der Waals surface area contributed by atoms with Crippen molar-refractivity contribution in [3.63, 3.8) is 0 Å². The van der Waals surface area contributed by atoms with Crippen molar-refractivity contribution in [3.05, 3.63) is 42.0 Å². The van der Waals surface area contributed by atoms with E-state index in [9.17, 15) is 4.79 Å². The smallest absolute Gasteiger partial charge is 0.155 e. The van der Waals surface area contributed by atoms with Crippen LogP contribution in [-0.2, 0) is 4.79 Å². The topological polar surface area (TPSA) is 17.1 Å². The van der Waals surface area contributed by atoms with Crippen LogP contribution in [0.25, 0.3) is 6.08 Å². The number of benzene rings is 1. The second-order valence-corrected chi connectivity index (χ2v) is 3.92. The van der Waals surface area contributed by atoms with E-state index in [1.54, 1.807) is 6.08 Å². The van der Waals surface area contributed by atoms with Crippen LogP contribution in [0.1, 0.15) is 65.9 Å². The first-order valence-corrected chi connectivity index (χ1v) is 7.50. The average Bonchev–Trinajstić information content (AvgIpc) is 2.49. The molecule has 0 spiro atoms. The van der Waals surface area contributed by atoms with Gasteiger partial charge in [-0.15, -0.1) is 0 Å². The summed E-state index contributed by atoms with van der Waals surface area (Å²) in [6, 6.07) is 9.81. The van der Waals surface area contributed by atoms with Gasteiger partial charge in [0.15, 0.2) is 5.78 Å². The quantitative estimate of drug-likeness (QED) is 0.604. The van der Waals surface area contributed by atoms with Crippen molar-refractivity contribution in [1.29, 1.82) is 0 Å². The van der Waals surface area contributed by atoms with E-state index in [4.69, 9.17) is 0 Å². The van der Waals surface area contributed by atoms with Crippen LogP contribution in [0, 0.1) is 0 Å². The van der Waals surface area contributed by atoms with E-state index in [-0.39, 0.29) is 5.78 Å². The molecule has 0 aliphatic carbocycles. The molecule has 1 aromatic carbocycles. The molecule has 0 unspecified atom stereocenters. The molecule has 0 atom stereocenters. The Morgan fingerprint density at radius 1 is 1.00 bits per heavy atom. The molecule has 0 aliphatic rings. The molecule has 0 N–H and O–H groups in total. The minimum Gasteiger partial charge on any atom is -0.295 e. The maximum atomic E-state index is 10.9. The van der Waals surface area contributed by atoms with Crippen LogP contribution < -0.4 is 0 Å². The Bertz CT molecular complexity index is 310. The zero-order chi connectivity index (χ0) is 14.9. The summed E-state index contributed by atoms with van der Waals surface area (Å²) in [5, 5.41) is 0. The van der Waals surface area contributed by atoms with Gasteiger partial charge in [0, 0.05) is 6.42 Å². The van der Waals surface area contributed by atoms with Crippen LogP contribution in [0.5, 0.6) is 0 Å². The predicted molar refractivity (Wildman–Crippen MR) is 87.3 cm³/mol. The highest BCUT2D eigenvalue weighted by atomic mass is 16.1. The lowest BCUT2D eigenvalue weighted by Crippen LogP contribution is -1.86. The SMILES string of the molecule is CC.CCC(=O)/C=C\c1ccccc1.CCCCC. The molecule has 1 rings (SSSR count). The van der Waals surface area contributed by atoms with Crippen molar-refractivity contribution in [3.8, 4) is 0 Å². The number of ketones is 1. The number of allylic oxidation sites excluding steroid dienone is 1. The summed E-state index contributed by atoms with van der Waals surface area (Å²) >= 11 is 0. The molecular formula is C18H30O. The first kappa shape index (κ1) is 20.0. The summed E-state index contributed by atoms with van der Waals surface area (Å²) in [6.07, 6.45) is 8.11. The van der Waals surface area contributed by atoms with Crippen molar-refractivity contribution >= 4 is 11.9 Å². The molecule has 0 saturated carbocycles. The van der Waals surface area contributed by atoms with Crippen LogP contribution in [-0.4, -0.2) is 5.78 Å². The number of hydrogen-bond acceptors (Lipinski definition) is 1. The molecule has 0 bridgehead atoms. The molecule has 108 valence electrons. The third-order valence-corrected chi connectivity index (χ3v) is 2.32. The largest absolute Gasteiger partial charge is 0.295 e. The van der Waals surface area contributed by atoms with Gasteiger partial charge >= 0.3 is 0 Å². The molecule has 0 saturated heterocycles. The second kappa shape index (κ2) is 16.6.